The maximum absolute atomic E-state index is 8.69. The van der Waals surface area contributed by atoms with Crippen LogP contribution in [-0.2, 0) is 0 Å². The van der Waals surface area contributed by atoms with E-state index in [1.54, 1.807) is 6.08 Å². The van der Waals surface area contributed by atoms with E-state index in [-0.39, 0.29) is 6.61 Å². The van der Waals surface area contributed by atoms with E-state index in [0.717, 1.165) is 5.92 Å². The molecule has 0 aromatic heterocycles. The highest BCUT2D eigenvalue weighted by Crippen LogP contribution is 2.41. The lowest BCUT2D eigenvalue weighted by molar-refractivity contribution is 0.343. The summed E-state index contributed by atoms with van der Waals surface area (Å²) in [5.41, 5.74) is 2.70. The zero-order valence-corrected chi connectivity index (χ0v) is 7.61. The van der Waals surface area contributed by atoms with Crippen LogP contribution in [0.3, 0.4) is 0 Å². The highest BCUT2D eigenvalue weighted by Gasteiger charge is 2.24. The second-order valence-corrected chi connectivity index (χ2v) is 3.49. The molecule has 1 aromatic rings. The third kappa shape index (κ3) is 1.99. The first-order valence-electron chi connectivity index (χ1n) is 4.78. The molecule has 0 saturated heterocycles. The lowest BCUT2D eigenvalue weighted by Crippen LogP contribution is -1.84. The van der Waals surface area contributed by atoms with Gasteiger partial charge in [0.15, 0.2) is 0 Å². The maximum Gasteiger partial charge on any atom is 0.0615 e. The highest BCUT2D eigenvalue weighted by atomic mass is 16.2. The lowest BCUT2D eigenvalue weighted by atomic mass is 10.0. The Bertz CT molecular complexity index is 311. The molecule has 1 saturated carbocycles. The maximum atomic E-state index is 8.69. The predicted molar refractivity (Wildman–Crippen MR) is 54.5 cm³/mol. The summed E-state index contributed by atoms with van der Waals surface area (Å²) in [6.07, 6.45) is 6.45. The zero-order valence-electron chi connectivity index (χ0n) is 7.61. The quantitative estimate of drug-likeness (QED) is 0.746. The molecule has 0 aliphatic heterocycles. The fourth-order valence-corrected chi connectivity index (χ4v) is 1.61. The van der Waals surface area contributed by atoms with Crippen LogP contribution in [0.5, 0.6) is 0 Å². The molecule has 1 N–H and O–H groups in total. The second kappa shape index (κ2) is 3.75. The van der Waals surface area contributed by atoms with Gasteiger partial charge in [-0.15, -0.1) is 0 Å². The van der Waals surface area contributed by atoms with Crippen molar-refractivity contribution in [3.8, 4) is 0 Å². The van der Waals surface area contributed by atoms with Gasteiger partial charge in [-0.1, -0.05) is 36.4 Å². The van der Waals surface area contributed by atoms with Crippen LogP contribution in [0.15, 0.2) is 30.3 Å². The molecule has 1 heteroatoms. The van der Waals surface area contributed by atoms with E-state index in [4.69, 9.17) is 5.11 Å². The molecule has 13 heavy (non-hydrogen) atoms. The van der Waals surface area contributed by atoms with Gasteiger partial charge in [0.05, 0.1) is 6.61 Å². The van der Waals surface area contributed by atoms with Crippen molar-refractivity contribution < 1.29 is 5.11 Å². The molecule has 0 spiro atoms. The fourth-order valence-electron chi connectivity index (χ4n) is 1.61. The van der Waals surface area contributed by atoms with Gasteiger partial charge in [-0.2, -0.15) is 0 Å². The van der Waals surface area contributed by atoms with Crippen LogP contribution in [0.25, 0.3) is 6.08 Å². The molecule has 0 unspecified atom stereocenters. The summed E-state index contributed by atoms with van der Waals surface area (Å²) in [4.78, 5) is 0. The lowest BCUT2D eigenvalue weighted by Gasteiger charge is -2.02. The summed E-state index contributed by atoms with van der Waals surface area (Å²) in [6, 6.07) is 8.43. The van der Waals surface area contributed by atoms with Crippen LogP contribution >= 0.6 is 0 Å². The first-order valence-corrected chi connectivity index (χ1v) is 4.78. The van der Waals surface area contributed by atoms with Crippen molar-refractivity contribution in [3.63, 3.8) is 0 Å². The number of aliphatic hydroxyl groups is 1. The summed E-state index contributed by atoms with van der Waals surface area (Å²) in [5, 5.41) is 8.69. The molecule has 0 amide bonds. The Kier molecular flexibility index (Phi) is 2.46. The van der Waals surface area contributed by atoms with E-state index in [0.29, 0.717) is 0 Å². The van der Waals surface area contributed by atoms with Gasteiger partial charge in [-0.25, -0.2) is 0 Å². The Morgan fingerprint density at radius 3 is 2.77 bits per heavy atom. The van der Waals surface area contributed by atoms with Gasteiger partial charge in [0, 0.05) is 0 Å². The van der Waals surface area contributed by atoms with Crippen LogP contribution in [0.4, 0.5) is 0 Å². The summed E-state index contributed by atoms with van der Waals surface area (Å²) >= 11 is 0. The highest BCUT2D eigenvalue weighted by molar-refractivity contribution is 5.55. The van der Waals surface area contributed by atoms with Crippen LogP contribution in [0.2, 0.25) is 0 Å². The number of benzene rings is 1. The van der Waals surface area contributed by atoms with E-state index in [9.17, 15) is 0 Å². The first-order chi connectivity index (χ1) is 6.42. The van der Waals surface area contributed by atoms with Gasteiger partial charge >= 0.3 is 0 Å². The van der Waals surface area contributed by atoms with Gasteiger partial charge in [-0.3, -0.25) is 0 Å². The van der Waals surface area contributed by atoms with Crippen molar-refractivity contribution in [2.24, 2.45) is 0 Å². The smallest absolute Gasteiger partial charge is 0.0615 e. The zero-order chi connectivity index (χ0) is 9.10. The van der Waals surface area contributed by atoms with E-state index in [1.165, 1.54) is 24.0 Å². The van der Waals surface area contributed by atoms with Gasteiger partial charge < -0.3 is 5.11 Å². The Labute approximate surface area is 78.7 Å². The Morgan fingerprint density at radius 2 is 2.08 bits per heavy atom. The fraction of sp³-hybridized carbons (Fsp3) is 0.333. The van der Waals surface area contributed by atoms with Crippen molar-refractivity contribution >= 4 is 6.08 Å². The van der Waals surface area contributed by atoms with E-state index >= 15 is 0 Å². The minimum atomic E-state index is 0.124. The number of aliphatic hydroxyl groups excluding tert-OH is 1. The Balaban J connectivity index is 2.26. The Hall–Kier alpha value is -1.08. The average Bonchev–Trinajstić information content (AvgIpc) is 2.98. The van der Waals surface area contributed by atoms with Crippen LogP contribution in [-0.4, -0.2) is 11.7 Å². The first kappa shape index (κ1) is 8.52. The van der Waals surface area contributed by atoms with Crippen LogP contribution < -0.4 is 0 Å². The van der Waals surface area contributed by atoms with E-state index in [1.807, 2.05) is 12.1 Å². The second-order valence-electron chi connectivity index (χ2n) is 3.49. The largest absolute Gasteiger partial charge is 0.392 e. The van der Waals surface area contributed by atoms with Gasteiger partial charge in [0.25, 0.3) is 0 Å². The minimum Gasteiger partial charge on any atom is -0.392 e. The SMILES string of the molecule is OCC=Cc1ccccc1C1CC1. The number of rotatable bonds is 3. The summed E-state index contributed by atoms with van der Waals surface area (Å²) in [6.45, 7) is 0.124. The third-order valence-corrected chi connectivity index (χ3v) is 2.42. The van der Waals surface area contributed by atoms with Crippen molar-refractivity contribution in [2.75, 3.05) is 6.61 Å². The van der Waals surface area contributed by atoms with E-state index in [2.05, 4.69) is 18.2 Å². The third-order valence-electron chi connectivity index (χ3n) is 2.42. The Morgan fingerprint density at radius 1 is 1.31 bits per heavy atom. The molecule has 1 aliphatic carbocycles. The molecule has 0 atom stereocenters. The molecule has 68 valence electrons. The van der Waals surface area contributed by atoms with Gasteiger partial charge in [0.2, 0.25) is 0 Å². The van der Waals surface area contributed by atoms with E-state index < -0.39 is 0 Å². The normalized spacial score (nSPS) is 16.7. The van der Waals surface area contributed by atoms with Crippen LogP contribution in [0.1, 0.15) is 29.9 Å². The number of hydrogen-bond acceptors (Lipinski definition) is 1. The molecule has 1 fully saturated rings. The molecule has 0 heterocycles. The van der Waals surface area contributed by atoms with Crippen molar-refractivity contribution in [3.05, 3.63) is 41.5 Å². The molecule has 1 aliphatic rings. The number of hydrogen-bond donors (Lipinski definition) is 1. The van der Waals surface area contributed by atoms with Crippen LogP contribution in [0, 0.1) is 0 Å². The molecule has 1 nitrogen and oxygen atoms in total. The van der Waals surface area contributed by atoms with Gasteiger partial charge in [-0.05, 0) is 29.9 Å². The molecular weight excluding hydrogens is 160 g/mol. The molecule has 0 bridgehead atoms. The predicted octanol–water partition coefficient (Wildman–Crippen LogP) is 2.57. The molecule has 2 rings (SSSR count). The minimum absolute atomic E-state index is 0.124. The average molecular weight is 174 g/mol. The van der Waals surface area contributed by atoms with Crippen molar-refractivity contribution in [1.29, 1.82) is 0 Å². The summed E-state index contributed by atoms with van der Waals surface area (Å²) in [5.74, 6) is 0.777. The molecular formula is C12H14O. The van der Waals surface area contributed by atoms with Gasteiger partial charge in [0.1, 0.15) is 0 Å². The standard InChI is InChI=1S/C12H14O/c13-9-3-5-10-4-1-2-6-12(10)11-7-8-11/h1-6,11,13H,7-9H2. The monoisotopic (exact) mass is 174 g/mol. The van der Waals surface area contributed by atoms with Crippen molar-refractivity contribution in [1.82, 2.24) is 0 Å². The molecule has 0 radical (unpaired) electrons. The molecule has 1 aromatic carbocycles. The summed E-state index contributed by atoms with van der Waals surface area (Å²) in [7, 11) is 0. The topological polar surface area (TPSA) is 20.2 Å². The van der Waals surface area contributed by atoms with Crippen molar-refractivity contribution in [2.45, 2.75) is 18.8 Å². The summed E-state index contributed by atoms with van der Waals surface area (Å²) < 4.78 is 0.